The van der Waals surface area contributed by atoms with Crippen LogP contribution in [0.25, 0.3) is 0 Å². The van der Waals surface area contributed by atoms with Gasteiger partial charge < -0.3 is 20.5 Å². The van der Waals surface area contributed by atoms with Crippen LogP contribution in [0.5, 0.6) is 0 Å². The lowest BCUT2D eigenvalue weighted by Gasteiger charge is -2.44. The monoisotopic (exact) mass is 473 g/mol. The highest BCUT2D eigenvalue weighted by atomic mass is 19.3. The Morgan fingerprint density at radius 2 is 2.03 bits per heavy atom. The van der Waals surface area contributed by atoms with E-state index in [4.69, 9.17) is 20.5 Å². The topological polar surface area (TPSA) is 123 Å². The van der Waals surface area contributed by atoms with E-state index >= 15 is 0 Å². The highest BCUT2D eigenvalue weighted by Gasteiger charge is 2.52. The second-order valence-corrected chi connectivity index (χ2v) is 8.27. The Morgan fingerprint density at radius 3 is 2.65 bits per heavy atom. The third-order valence-electron chi connectivity index (χ3n) is 6.13. The molecule has 11 heteroatoms. The van der Waals surface area contributed by atoms with Crippen molar-refractivity contribution < 1.29 is 27.4 Å². The molecule has 1 saturated heterocycles. The summed E-state index contributed by atoms with van der Waals surface area (Å²) in [6, 6.07) is 6.73. The van der Waals surface area contributed by atoms with Crippen LogP contribution in [0.2, 0.25) is 0 Å². The first-order valence-electron chi connectivity index (χ1n) is 10.5. The van der Waals surface area contributed by atoms with Crippen LogP contribution >= 0.6 is 0 Å². The lowest BCUT2D eigenvalue weighted by Crippen LogP contribution is -2.58. The summed E-state index contributed by atoms with van der Waals surface area (Å²) in [4.78, 5) is 20.8. The Labute approximate surface area is 193 Å². The highest BCUT2D eigenvalue weighted by molar-refractivity contribution is 6.04. The zero-order valence-electron chi connectivity index (χ0n) is 18.3. The number of pyridine rings is 1. The molecule has 0 aliphatic carbocycles. The first kappa shape index (κ1) is 23.7. The van der Waals surface area contributed by atoms with Crippen molar-refractivity contribution in [1.82, 2.24) is 4.98 Å². The number of nitrogens with zero attached hydrogens (tertiary/aromatic N) is 3. The number of nitrogens with two attached hydrogens (primary N) is 1. The van der Waals surface area contributed by atoms with E-state index in [9.17, 15) is 18.0 Å². The molecule has 0 saturated carbocycles. The summed E-state index contributed by atoms with van der Waals surface area (Å²) >= 11 is 0. The molecule has 3 heterocycles. The van der Waals surface area contributed by atoms with Crippen LogP contribution in [-0.2, 0) is 15.0 Å². The SMILES string of the molecule is Cc1cc(C#N)cnc1C(=O)Nc1ccc(F)c([C@]2(C(F)F)COC3(CCOCC3)C(N)=N2)c1. The predicted octanol–water partition coefficient (Wildman–Crippen LogP) is 3.05. The zero-order chi connectivity index (χ0) is 24.5. The Bertz CT molecular complexity index is 1190. The molecule has 0 unspecified atom stereocenters. The summed E-state index contributed by atoms with van der Waals surface area (Å²) in [5, 5.41) is 11.5. The molecule has 1 amide bonds. The van der Waals surface area contributed by atoms with E-state index in [1.807, 2.05) is 6.07 Å². The van der Waals surface area contributed by atoms with Crippen molar-refractivity contribution in [3.63, 3.8) is 0 Å². The molecule has 4 rings (SSSR count). The molecular weight excluding hydrogens is 451 g/mol. The molecule has 1 fully saturated rings. The van der Waals surface area contributed by atoms with Gasteiger partial charge >= 0.3 is 0 Å². The molecule has 34 heavy (non-hydrogen) atoms. The van der Waals surface area contributed by atoms with Crippen LogP contribution in [0.4, 0.5) is 18.9 Å². The molecule has 1 aromatic carbocycles. The van der Waals surface area contributed by atoms with E-state index < -0.39 is 41.5 Å². The van der Waals surface area contributed by atoms with Crippen molar-refractivity contribution in [3.05, 3.63) is 58.7 Å². The summed E-state index contributed by atoms with van der Waals surface area (Å²) in [5.74, 6) is -1.71. The number of nitrogens with one attached hydrogen (secondary N) is 1. The molecule has 2 aromatic rings. The van der Waals surface area contributed by atoms with Crippen LogP contribution in [-0.4, -0.2) is 48.6 Å². The van der Waals surface area contributed by atoms with Gasteiger partial charge in [0.25, 0.3) is 12.3 Å². The molecule has 1 spiro atoms. The van der Waals surface area contributed by atoms with Gasteiger partial charge in [0, 0.05) is 43.5 Å². The number of ether oxygens (including phenoxy) is 2. The van der Waals surface area contributed by atoms with Gasteiger partial charge in [0.2, 0.25) is 0 Å². The zero-order valence-corrected chi connectivity index (χ0v) is 18.3. The molecule has 0 bridgehead atoms. The number of halogens is 3. The number of hydrogen-bond donors (Lipinski definition) is 2. The maximum atomic E-state index is 14.9. The average Bonchev–Trinajstić information content (AvgIpc) is 2.82. The van der Waals surface area contributed by atoms with Gasteiger partial charge in [0.05, 0.1) is 12.2 Å². The molecular formula is C23H22F3N5O3. The Morgan fingerprint density at radius 1 is 1.29 bits per heavy atom. The molecule has 8 nitrogen and oxygen atoms in total. The third-order valence-corrected chi connectivity index (χ3v) is 6.13. The average molecular weight is 473 g/mol. The molecule has 1 atom stereocenters. The van der Waals surface area contributed by atoms with Crippen LogP contribution in [0.3, 0.4) is 0 Å². The fraction of sp³-hybridized carbons (Fsp3) is 0.391. The van der Waals surface area contributed by atoms with Crippen molar-refractivity contribution in [2.45, 2.75) is 37.3 Å². The summed E-state index contributed by atoms with van der Waals surface area (Å²) < 4.78 is 54.8. The molecule has 178 valence electrons. The Hall–Kier alpha value is -3.49. The number of alkyl halides is 2. The van der Waals surface area contributed by atoms with Crippen molar-refractivity contribution >= 4 is 17.4 Å². The minimum Gasteiger partial charge on any atom is -0.385 e. The fourth-order valence-electron chi connectivity index (χ4n) is 4.14. The smallest absolute Gasteiger partial charge is 0.274 e. The minimum atomic E-state index is -3.13. The van der Waals surface area contributed by atoms with E-state index in [0.29, 0.717) is 31.6 Å². The van der Waals surface area contributed by atoms with Crippen LogP contribution in [0, 0.1) is 24.1 Å². The number of aryl methyl sites for hydroxylation is 1. The van der Waals surface area contributed by atoms with Gasteiger partial charge in [-0.15, -0.1) is 0 Å². The molecule has 1 aromatic heterocycles. The summed E-state index contributed by atoms with van der Waals surface area (Å²) in [6.07, 6.45) is -1.17. The number of nitriles is 1. The van der Waals surface area contributed by atoms with E-state index in [1.165, 1.54) is 18.3 Å². The highest BCUT2D eigenvalue weighted by Crippen LogP contribution is 2.42. The molecule has 0 radical (unpaired) electrons. The number of aromatic nitrogens is 1. The molecule has 2 aliphatic heterocycles. The largest absolute Gasteiger partial charge is 0.385 e. The van der Waals surface area contributed by atoms with Gasteiger partial charge in [-0.05, 0) is 36.8 Å². The van der Waals surface area contributed by atoms with Gasteiger partial charge in [0.15, 0.2) is 5.54 Å². The number of amidine groups is 1. The number of benzene rings is 1. The van der Waals surface area contributed by atoms with Crippen LogP contribution in [0.15, 0.2) is 35.5 Å². The number of carbonyl (C=O) groups is 1. The van der Waals surface area contributed by atoms with E-state index in [-0.39, 0.29) is 22.8 Å². The number of aliphatic imine (C=N–C) groups is 1. The summed E-state index contributed by atoms with van der Waals surface area (Å²) in [7, 11) is 0. The Balaban J connectivity index is 1.68. The summed E-state index contributed by atoms with van der Waals surface area (Å²) in [6.45, 7) is 1.71. The minimum absolute atomic E-state index is 0.0400. The van der Waals surface area contributed by atoms with Crippen LogP contribution in [0.1, 0.15) is 40.0 Å². The first-order chi connectivity index (χ1) is 16.2. The van der Waals surface area contributed by atoms with Gasteiger partial charge in [0.1, 0.15) is 29.0 Å². The van der Waals surface area contributed by atoms with Crippen molar-refractivity contribution in [1.29, 1.82) is 5.26 Å². The van der Waals surface area contributed by atoms with Gasteiger partial charge in [-0.1, -0.05) is 0 Å². The third kappa shape index (κ3) is 4.10. The second-order valence-electron chi connectivity index (χ2n) is 8.27. The Kier molecular flexibility index (Phi) is 6.29. The van der Waals surface area contributed by atoms with E-state index in [1.54, 1.807) is 6.92 Å². The first-order valence-corrected chi connectivity index (χ1v) is 10.5. The maximum Gasteiger partial charge on any atom is 0.274 e. The van der Waals surface area contributed by atoms with Gasteiger partial charge in [-0.3, -0.25) is 4.79 Å². The quantitative estimate of drug-likeness (QED) is 0.704. The lowest BCUT2D eigenvalue weighted by molar-refractivity contribution is -0.116. The normalized spacial score (nSPS) is 21.7. The van der Waals surface area contributed by atoms with Crippen LogP contribution < -0.4 is 11.1 Å². The maximum absolute atomic E-state index is 14.9. The predicted molar refractivity (Wildman–Crippen MR) is 116 cm³/mol. The summed E-state index contributed by atoms with van der Waals surface area (Å²) in [5.41, 5.74) is 3.09. The van der Waals surface area contributed by atoms with Gasteiger partial charge in [-0.2, -0.15) is 5.26 Å². The van der Waals surface area contributed by atoms with Crippen molar-refractivity contribution in [2.24, 2.45) is 10.7 Å². The molecule has 3 N–H and O–H groups in total. The van der Waals surface area contributed by atoms with E-state index in [0.717, 1.165) is 12.1 Å². The van der Waals surface area contributed by atoms with E-state index in [2.05, 4.69) is 15.3 Å². The van der Waals surface area contributed by atoms with Crippen molar-refractivity contribution in [2.75, 3.05) is 25.1 Å². The number of rotatable bonds is 4. The fourth-order valence-corrected chi connectivity index (χ4v) is 4.14. The number of hydrogen-bond acceptors (Lipinski definition) is 7. The van der Waals surface area contributed by atoms with Crippen molar-refractivity contribution in [3.8, 4) is 6.07 Å². The second kappa shape index (κ2) is 9.04. The molecule has 2 aliphatic rings. The number of carbonyl (C=O) groups excluding carboxylic acids is 1. The lowest BCUT2D eigenvalue weighted by atomic mass is 9.85. The number of amides is 1. The van der Waals surface area contributed by atoms with Gasteiger partial charge in [-0.25, -0.2) is 23.1 Å². The number of anilines is 1. The standard InChI is InChI=1S/C23H22F3N5O3/c1-13-8-14(10-27)11-29-18(13)19(32)30-15-2-3-17(24)16(9-15)23(20(25)26)12-34-22(21(28)31-23)4-6-33-7-5-22/h2-3,8-9,11,20H,4-7,12H2,1H3,(H2,28,31)(H,30,32)/t23-/m0/s1.